The molecule has 0 aromatic carbocycles. The quantitative estimate of drug-likeness (QED) is 0.786. The fourth-order valence-corrected chi connectivity index (χ4v) is 2.41. The van der Waals surface area contributed by atoms with Crippen molar-refractivity contribution in [3.05, 3.63) is 24.3 Å². The summed E-state index contributed by atoms with van der Waals surface area (Å²) in [6, 6.07) is 0. The topological polar surface area (TPSA) is 40.5 Å². The molecule has 4 heteroatoms. The third kappa shape index (κ3) is 1.88. The summed E-state index contributed by atoms with van der Waals surface area (Å²) in [4.78, 5) is 13.5. The third-order valence-corrected chi connectivity index (χ3v) is 3.50. The van der Waals surface area contributed by atoms with Crippen LogP contribution in [0.4, 0.5) is 0 Å². The fraction of sp³-hybridized carbons (Fsp3) is 0.545. The van der Waals surface area contributed by atoms with Gasteiger partial charge in [-0.1, -0.05) is 40.2 Å². The second-order valence-corrected chi connectivity index (χ2v) is 4.65. The van der Waals surface area contributed by atoms with Gasteiger partial charge in [0.25, 0.3) is 0 Å². The maximum atomic E-state index is 11.9. The van der Waals surface area contributed by atoms with Gasteiger partial charge >= 0.3 is 0 Å². The number of carbonyl (C=O) groups is 1. The number of amides is 1. The van der Waals surface area contributed by atoms with E-state index in [2.05, 4.69) is 15.9 Å². The zero-order chi connectivity index (χ0) is 10.8. The number of allylic oxidation sites excluding steroid dienone is 2. The highest BCUT2D eigenvalue weighted by molar-refractivity contribution is 9.09. The monoisotopic (exact) mass is 271 g/mol. The molecule has 0 spiro atoms. The number of hydrogen-bond acceptors (Lipinski definition) is 2. The minimum atomic E-state index is -0.650. The number of halogens is 1. The second-order valence-electron chi connectivity index (χ2n) is 3.86. The molecule has 82 valence electrons. The molecule has 1 heterocycles. The van der Waals surface area contributed by atoms with Crippen LogP contribution in [0.1, 0.15) is 6.42 Å². The van der Waals surface area contributed by atoms with Gasteiger partial charge in [-0.15, -0.1) is 0 Å². The summed E-state index contributed by atoms with van der Waals surface area (Å²) in [5.41, 5.74) is 0. The first kappa shape index (κ1) is 10.9. The Bertz CT molecular complexity index is 314. The van der Waals surface area contributed by atoms with Crippen molar-refractivity contribution in [2.24, 2.45) is 11.8 Å². The molecule has 1 amide bonds. The highest BCUT2D eigenvalue weighted by atomic mass is 79.9. The summed E-state index contributed by atoms with van der Waals surface area (Å²) in [5.74, 6) is -0.160. The summed E-state index contributed by atoms with van der Waals surface area (Å²) < 4.78 is 0. The maximum absolute atomic E-state index is 11.9. The van der Waals surface area contributed by atoms with Crippen LogP contribution < -0.4 is 0 Å². The van der Waals surface area contributed by atoms with Gasteiger partial charge in [0.05, 0.1) is 5.92 Å². The number of aliphatic hydroxyl groups is 1. The zero-order valence-corrected chi connectivity index (χ0v) is 9.93. The van der Waals surface area contributed by atoms with Crippen molar-refractivity contribution in [1.82, 2.24) is 4.90 Å². The van der Waals surface area contributed by atoms with Crippen molar-refractivity contribution in [2.75, 3.05) is 11.9 Å². The van der Waals surface area contributed by atoms with E-state index < -0.39 is 6.23 Å². The summed E-state index contributed by atoms with van der Waals surface area (Å²) in [5, 5.41) is 10.8. The lowest BCUT2D eigenvalue weighted by Crippen LogP contribution is -2.35. The van der Waals surface area contributed by atoms with Gasteiger partial charge in [-0.05, 0) is 6.42 Å². The van der Waals surface area contributed by atoms with Crippen LogP contribution in [0.15, 0.2) is 24.3 Å². The van der Waals surface area contributed by atoms with Gasteiger partial charge in [-0.3, -0.25) is 4.79 Å². The Kier molecular flexibility index (Phi) is 3.26. The lowest BCUT2D eigenvalue weighted by molar-refractivity contribution is -0.134. The Morgan fingerprint density at radius 3 is 2.80 bits per heavy atom. The van der Waals surface area contributed by atoms with E-state index in [9.17, 15) is 9.90 Å². The molecule has 1 unspecified atom stereocenters. The first-order valence-corrected chi connectivity index (χ1v) is 6.27. The first-order chi connectivity index (χ1) is 7.25. The van der Waals surface area contributed by atoms with Crippen molar-refractivity contribution < 1.29 is 9.90 Å². The van der Waals surface area contributed by atoms with E-state index in [0.29, 0.717) is 6.54 Å². The molecule has 0 bridgehead atoms. The molecule has 1 saturated heterocycles. The number of alkyl halides is 1. The normalized spacial score (nSPS) is 33.6. The van der Waals surface area contributed by atoms with E-state index in [1.54, 1.807) is 4.90 Å². The van der Waals surface area contributed by atoms with E-state index in [4.69, 9.17) is 0 Å². The maximum Gasteiger partial charge on any atom is 0.232 e. The van der Waals surface area contributed by atoms with Crippen LogP contribution in [0, 0.1) is 11.8 Å². The van der Waals surface area contributed by atoms with E-state index in [-0.39, 0.29) is 17.7 Å². The average molecular weight is 272 g/mol. The number of carbonyl (C=O) groups excluding carboxylic acids is 1. The molecule has 1 aliphatic heterocycles. The van der Waals surface area contributed by atoms with Gasteiger partial charge in [0.15, 0.2) is 0 Å². The van der Waals surface area contributed by atoms with E-state index >= 15 is 0 Å². The molecule has 15 heavy (non-hydrogen) atoms. The number of rotatable bonds is 3. The minimum Gasteiger partial charge on any atom is -0.373 e. The molecular weight excluding hydrogens is 258 g/mol. The predicted octanol–water partition coefficient (Wildman–Crippen LogP) is 1.29. The van der Waals surface area contributed by atoms with Gasteiger partial charge in [-0.2, -0.15) is 0 Å². The molecule has 0 aromatic rings. The highest BCUT2D eigenvalue weighted by Crippen LogP contribution is 2.33. The van der Waals surface area contributed by atoms with Crippen molar-refractivity contribution in [1.29, 1.82) is 0 Å². The molecule has 1 aliphatic carbocycles. The molecule has 1 fully saturated rings. The summed E-state index contributed by atoms with van der Waals surface area (Å²) in [6.07, 6.45) is 7.79. The number of hydrogen-bond donors (Lipinski definition) is 1. The molecule has 0 saturated carbocycles. The molecular formula is C11H14BrNO2. The lowest BCUT2D eigenvalue weighted by atomic mass is 9.90. The van der Waals surface area contributed by atoms with Crippen LogP contribution in [-0.4, -0.2) is 34.0 Å². The lowest BCUT2D eigenvalue weighted by Gasteiger charge is -2.21. The van der Waals surface area contributed by atoms with Gasteiger partial charge in [0.2, 0.25) is 5.91 Å². The van der Waals surface area contributed by atoms with Crippen LogP contribution in [0.3, 0.4) is 0 Å². The SMILES string of the molecule is O=C1C2C=CC=C[C@H]2[C@@H](O)N1CCCBr. The third-order valence-electron chi connectivity index (χ3n) is 2.94. The Morgan fingerprint density at radius 2 is 2.13 bits per heavy atom. The average Bonchev–Trinajstić information content (AvgIpc) is 2.51. The molecule has 1 N–H and O–H groups in total. The van der Waals surface area contributed by atoms with E-state index in [1.807, 2.05) is 24.3 Å². The molecule has 3 nitrogen and oxygen atoms in total. The smallest absolute Gasteiger partial charge is 0.232 e. The largest absolute Gasteiger partial charge is 0.373 e. The number of likely N-dealkylation sites (tertiary alicyclic amines) is 1. The summed E-state index contributed by atoms with van der Waals surface area (Å²) in [7, 11) is 0. The Hall–Kier alpha value is -0.610. The minimum absolute atomic E-state index is 0.0500. The predicted molar refractivity (Wildman–Crippen MR) is 61.4 cm³/mol. The van der Waals surface area contributed by atoms with Crippen molar-refractivity contribution in [3.63, 3.8) is 0 Å². The standard InChI is InChI=1S/C11H14BrNO2/c12-6-3-7-13-10(14)8-4-1-2-5-9(8)11(13)15/h1-2,4-5,8-10,14H,3,6-7H2/t8-,9?,10-/m1/s1. The number of nitrogens with zero attached hydrogens (tertiary/aromatic N) is 1. The molecule has 2 rings (SSSR count). The Labute approximate surface area is 97.6 Å². The van der Waals surface area contributed by atoms with Crippen LogP contribution in [0.25, 0.3) is 0 Å². The van der Waals surface area contributed by atoms with E-state index in [1.165, 1.54) is 0 Å². The number of aliphatic hydroxyl groups excluding tert-OH is 1. The van der Waals surface area contributed by atoms with Gasteiger partial charge < -0.3 is 10.0 Å². The van der Waals surface area contributed by atoms with Crippen LogP contribution >= 0.6 is 15.9 Å². The fourth-order valence-electron chi connectivity index (χ4n) is 2.16. The Balaban J connectivity index is 2.11. The van der Waals surface area contributed by atoms with E-state index in [0.717, 1.165) is 11.8 Å². The Morgan fingerprint density at radius 1 is 1.40 bits per heavy atom. The van der Waals surface area contributed by atoms with Crippen molar-refractivity contribution in [2.45, 2.75) is 12.6 Å². The van der Waals surface area contributed by atoms with Crippen LogP contribution in [0.2, 0.25) is 0 Å². The molecule has 0 aromatic heterocycles. The van der Waals surface area contributed by atoms with Gasteiger partial charge in [0.1, 0.15) is 6.23 Å². The summed E-state index contributed by atoms with van der Waals surface area (Å²) in [6.45, 7) is 0.625. The zero-order valence-electron chi connectivity index (χ0n) is 8.34. The van der Waals surface area contributed by atoms with Gasteiger partial charge in [0, 0.05) is 17.8 Å². The van der Waals surface area contributed by atoms with Crippen molar-refractivity contribution in [3.8, 4) is 0 Å². The van der Waals surface area contributed by atoms with Crippen LogP contribution in [-0.2, 0) is 4.79 Å². The second kappa shape index (κ2) is 4.49. The molecule has 2 aliphatic rings. The van der Waals surface area contributed by atoms with Crippen LogP contribution in [0.5, 0.6) is 0 Å². The molecule has 0 radical (unpaired) electrons. The molecule has 3 atom stereocenters. The first-order valence-electron chi connectivity index (χ1n) is 5.15. The number of fused-ring (bicyclic) bond motifs is 1. The summed E-state index contributed by atoms with van der Waals surface area (Å²) >= 11 is 3.33. The highest BCUT2D eigenvalue weighted by Gasteiger charge is 2.44. The van der Waals surface area contributed by atoms with Crippen molar-refractivity contribution >= 4 is 21.8 Å². The van der Waals surface area contributed by atoms with Gasteiger partial charge in [-0.25, -0.2) is 0 Å².